The zero-order valence-corrected chi connectivity index (χ0v) is 18.2. The molecule has 0 aliphatic rings. The van der Waals surface area contributed by atoms with Gasteiger partial charge in [0.2, 0.25) is 0 Å². The van der Waals surface area contributed by atoms with E-state index in [1.165, 1.54) is 6.92 Å². The van der Waals surface area contributed by atoms with Crippen molar-refractivity contribution in [3.8, 4) is 0 Å². The number of hydrogen-bond acceptors (Lipinski definition) is 2. The first kappa shape index (κ1) is 27.5. The highest BCUT2D eigenvalue weighted by Crippen LogP contribution is 2.47. The number of hydrogen-bond donors (Lipinski definition) is 1. The van der Waals surface area contributed by atoms with Crippen molar-refractivity contribution in [2.45, 2.75) is 57.6 Å². The molecule has 0 aliphatic carbocycles. The number of pyridine rings is 1. The van der Waals surface area contributed by atoms with Gasteiger partial charge in [-0.25, -0.2) is 0 Å². The minimum atomic E-state index is -5.63. The van der Waals surface area contributed by atoms with Crippen LogP contribution in [0.3, 0.4) is 0 Å². The summed E-state index contributed by atoms with van der Waals surface area (Å²) < 4.78 is 119. The van der Waals surface area contributed by atoms with E-state index in [0.717, 1.165) is 12.3 Å². The SMILES string of the molecule is CC(C)CC(C)c1cc(C(C(F)(F)F)C(F)(F)F)ccc1NC(=O)c1cnccc1C(F)(F)F. The zero-order chi connectivity index (χ0) is 26.1. The molecule has 1 aromatic carbocycles. The summed E-state index contributed by atoms with van der Waals surface area (Å²) in [6, 6.07) is 2.67. The number of nitrogens with one attached hydrogen (secondary N) is 1. The fourth-order valence-corrected chi connectivity index (χ4v) is 3.69. The molecule has 34 heavy (non-hydrogen) atoms. The van der Waals surface area contributed by atoms with E-state index in [1.807, 2.05) is 0 Å². The molecule has 3 nitrogen and oxygen atoms in total. The van der Waals surface area contributed by atoms with Crippen LogP contribution in [-0.2, 0) is 6.18 Å². The molecule has 0 saturated heterocycles. The van der Waals surface area contributed by atoms with Crippen LogP contribution in [0.1, 0.15) is 66.1 Å². The first-order chi connectivity index (χ1) is 15.4. The van der Waals surface area contributed by atoms with Crippen molar-refractivity contribution in [1.82, 2.24) is 4.98 Å². The van der Waals surface area contributed by atoms with Crippen LogP contribution in [0.5, 0.6) is 0 Å². The summed E-state index contributed by atoms with van der Waals surface area (Å²) in [6.45, 7) is 5.09. The number of carbonyl (C=O) groups excluding carboxylic acids is 1. The Hall–Kier alpha value is -2.79. The number of alkyl halides is 9. The maximum absolute atomic E-state index is 13.2. The molecule has 0 fully saturated rings. The molecule has 1 aromatic heterocycles. The molecule has 1 unspecified atom stereocenters. The number of halogens is 9. The third-order valence-corrected chi connectivity index (χ3v) is 5.04. The van der Waals surface area contributed by atoms with Crippen LogP contribution in [-0.4, -0.2) is 23.2 Å². The molecule has 1 atom stereocenters. The first-order valence-corrected chi connectivity index (χ1v) is 10.0. The number of anilines is 1. The first-order valence-electron chi connectivity index (χ1n) is 10.0. The number of nitrogens with zero attached hydrogens (tertiary/aromatic N) is 1. The maximum Gasteiger partial charge on any atom is 0.417 e. The molecule has 0 bridgehead atoms. The Balaban J connectivity index is 2.58. The number of rotatable bonds is 6. The van der Waals surface area contributed by atoms with Crippen molar-refractivity contribution >= 4 is 11.6 Å². The Kier molecular flexibility index (Phi) is 7.94. The highest BCUT2D eigenvalue weighted by atomic mass is 19.4. The summed E-state index contributed by atoms with van der Waals surface area (Å²) in [5.74, 6) is -5.65. The Morgan fingerprint density at radius 3 is 2.03 bits per heavy atom. The van der Waals surface area contributed by atoms with Crippen molar-refractivity contribution in [1.29, 1.82) is 0 Å². The number of carbonyl (C=O) groups is 1. The van der Waals surface area contributed by atoms with Gasteiger partial charge in [0.25, 0.3) is 5.91 Å². The fourth-order valence-electron chi connectivity index (χ4n) is 3.69. The molecule has 0 aliphatic heterocycles. The van der Waals surface area contributed by atoms with Gasteiger partial charge in [0.05, 0.1) is 11.1 Å². The van der Waals surface area contributed by atoms with Gasteiger partial charge in [0.15, 0.2) is 5.92 Å². The molecule has 188 valence electrons. The molecule has 2 aromatic rings. The van der Waals surface area contributed by atoms with Crippen LogP contribution in [0.15, 0.2) is 36.7 Å². The monoisotopic (exact) mass is 500 g/mol. The topological polar surface area (TPSA) is 42.0 Å². The predicted octanol–water partition coefficient (Wildman–Crippen LogP) is 7.71. The summed E-state index contributed by atoms with van der Waals surface area (Å²) in [5.41, 5.74) is -3.47. The van der Waals surface area contributed by atoms with Crippen LogP contribution >= 0.6 is 0 Å². The fraction of sp³-hybridized carbons (Fsp3) is 0.455. The zero-order valence-electron chi connectivity index (χ0n) is 18.2. The Morgan fingerprint density at radius 1 is 0.941 bits per heavy atom. The minimum Gasteiger partial charge on any atom is -0.322 e. The van der Waals surface area contributed by atoms with Gasteiger partial charge < -0.3 is 5.32 Å². The van der Waals surface area contributed by atoms with Crippen molar-refractivity contribution in [3.63, 3.8) is 0 Å². The Morgan fingerprint density at radius 2 is 1.53 bits per heavy atom. The summed E-state index contributed by atoms with van der Waals surface area (Å²) in [4.78, 5) is 16.1. The molecule has 0 spiro atoms. The van der Waals surface area contributed by atoms with Crippen LogP contribution in [0.2, 0.25) is 0 Å². The molecule has 12 heteroatoms. The summed E-state index contributed by atoms with van der Waals surface area (Å²) in [7, 11) is 0. The summed E-state index contributed by atoms with van der Waals surface area (Å²) in [5, 5.41) is 2.20. The normalized spacial score (nSPS) is 13.9. The van der Waals surface area contributed by atoms with E-state index in [4.69, 9.17) is 0 Å². The van der Waals surface area contributed by atoms with E-state index in [2.05, 4.69) is 10.3 Å². The second-order valence-electron chi connectivity index (χ2n) is 8.27. The average Bonchev–Trinajstić information content (AvgIpc) is 2.65. The van der Waals surface area contributed by atoms with E-state index < -0.39 is 53.0 Å². The smallest absolute Gasteiger partial charge is 0.322 e. The van der Waals surface area contributed by atoms with Gasteiger partial charge in [-0.05, 0) is 41.5 Å². The Labute approximate surface area is 189 Å². The standard InChI is InChI=1S/C22H21F9N2O/c1-11(2)8-12(3)14-9-13(18(21(26,27)28)22(29,30)31)4-5-17(14)33-19(34)15-10-32-7-6-16(15)20(23,24)25/h4-7,9-12,18H,8H2,1-3H3,(H,33,34). The second-order valence-corrected chi connectivity index (χ2v) is 8.27. The van der Waals surface area contributed by atoms with E-state index in [0.29, 0.717) is 30.8 Å². The third-order valence-electron chi connectivity index (χ3n) is 5.04. The quantitative estimate of drug-likeness (QED) is 0.413. The lowest BCUT2D eigenvalue weighted by molar-refractivity contribution is -0.253. The van der Waals surface area contributed by atoms with Crippen LogP contribution in [0.25, 0.3) is 0 Å². The van der Waals surface area contributed by atoms with E-state index in [9.17, 15) is 44.3 Å². The van der Waals surface area contributed by atoms with Crippen LogP contribution in [0.4, 0.5) is 45.2 Å². The van der Waals surface area contributed by atoms with Crippen molar-refractivity contribution in [2.75, 3.05) is 5.32 Å². The molecular weight excluding hydrogens is 479 g/mol. The average molecular weight is 500 g/mol. The summed E-state index contributed by atoms with van der Waals surface area (Å²) >= 11 is 0. The van der Waals surface area contributed by atoms with E-state index in [-0.39, 0.29) is 17.2 Å². The van der Waals surface area contributed by atoms with Gasteiger partial charge in [-0.3, -0.25) is 9.78 Å². The highest BCUT2D eigenvalue weighted by Gasteiger charge is 2.57. The third kappa shape index (κ3) is 6.63. The number of benzene rings is 1. The van der Waals surface area contributed by atoms with Crippen LogP contribution in [0, 0.1) is 5.92 Å². The lowest BCUT2D eigenvalue weighted by Gasteiger charge is -2.26. The van der Waals surface area contributed by atoms with Crippen molar-refractivity contribution in [2.24, 2.45) is 5.92 Å². The van der Waals surface area contributed by atoms with E-state index in [1.54, 1.807) is 13.8 Å². The molecule has 1 heterocycles. The molecule has 0 radical (unpaired) electrons. The van der Waals surface area contributed by atoms with Gasteiger partial charge in [-0.1, -0.05) is 32.9 Å². The number of aromatic nitrogens is 1. The van der Waals surface area contributed by atoms with Crippen molar-refractivity contribution in [3.05, 3.63) is 58.9 Å². The van der Waals surface area contributed by atoms with Gasteiger partial charge in [0, 0.05) is 18.1 Å². The van der Waals surface area contributed by atoms with Gasteiger partial charge in [-0.2, -0.15) is 39.5 Å². The predicted molar refractivity (Wildman–Crippen MR) is 106 cm³/mol. The van der Waals surface area contributed by atoms with Gasteiger partial charge in [0.1, 0.15) is 0 Å². The minimum absolute atomic E-state index is 0.0154. The van der Waals surface area contributed by atoms with Crippen molar-refractivity contribution < 1.29 is 44.3 Å². The lowest BCUT2D eigenvalue weighted by Crippen LogP contribution is -2.34. The highest BCUT2D eigenvalue weighted by molar-refractivity contribution is 6.05. The van der Waals surface area contributed by atoms with Crippen LogP contribution < -0.4 is 5.32 Å². The Bertz CT molecular complexity index is 997. The molecule has 1 N–H and O–H groups in total. The molecule has 2 rings (SSSR count). The largest absolute Gasteiger partial charge is 0.417 e. The second kappa shape index (κ2) is 9.83. The lowest BCUT2D eigenvalue weighted by atomic mass is 9.87. The number of amides is 1. The summed E-state index contributed by atoms with van der Waals surface area (Å²) in [6.07, 6.45) is -14.3. The van der Waals surface area contributed by atoms with E-state index >= 15 is 0 Å². The molecular formula is C22H21F9N2O. The van der Waals surface area contributed by atoms with Gasteiger partial charge >= 0.3 is 18.5 Å². The maximum atomic E-state index is 13.2. The van der Waals surface area contributed by atoms with Gasteiger partial charge in [-0.15, -0.1) is 0 Å². The molecule has 1 amide bonds. The molecule has 0 saturated carbocycles.